The molecule has 1 heterocycles. The number of hydrogen-bond acceptors (Lipinski definition) is 4. The Balaban J connectivity index is 2.40. The summed E-state index contributed by atoms with van der Waals surface area (Å²) in [5, 5.41) is 6.31. The topological polar surface area (TPSA) is 49.8 Å². The van der Waals surface area contributed by atoms with Crippen LogP contribution in [0.2, 0.25) is 0 Å². The van der Waals surface area contributed by atoms with Gasteiger partial charge in [0, 0.05) is 18.3 Å². The number of aromatic nitrogens is 2. The van der Waals surface area contributed by atoms with Gasteiger partial charge in [0.2, 0.25) is 0 Å². The Kier molecular flexibility index (Phi) is 4.17. The summed E-state index contributed by atoms with van der Waals surface area (Å²) in [6, 6.07) is 4.92. The van der Waals surface area contributed by atoms with Gasteiger partial charge in [-0.1, -0.05) is 13.8 Å². The summed E-state index contributed by atoms with van der Waals surface area (Å²) in [6.07, 6.45) is 1.51. The Morgan fingerprint density at radius 3 is 2.45 bits per heavy atom. The van der Waals surface area contributed by atoms with Crippen LogP contribution >= 0.6 is 0 Å². The zero-order valence-electron chi connectivity index (χ0n) is 12.2. The zero-order valence-corrected chi connectivity index (χ0v) is 12.2. The number of benzene rings is 1. The van der Waals surface area contributed by atoms with Crippen LogP contribution in [0.25, 0.3) is 0 Å². The second-order valence-corrected chi connectivity index (χ2v) is 4.98. The molecule has 0 aliphatic heterocycles. The van der Waals surface area contributed by atoms with Gasteiger partial charge in [0.1, 0.15) is 23.8 Å². The maximum absolute atomic E-state index is 13.3. The average molecular weight is 274 g/mol. The number of nitrogens with zero attached hydrogens (tertiary/aromatic N) is 2. The molecular weight excluding hydrogens is 255 g/mol. The summed E-state index contributed by atoms with van der Waals surface area (Å²) in [7, 11) is 1.83. The highest BCUT2D eigenvalue weighted by Gasteiger charge is 2.14. The summed E-state index contributed by atoms with van der Waals surface area (Å²) in [5.41, 5.74) is 2.42. The van der Waals surface area contributed by atoms with Gasteiger partial charge in [-0.3, -0.25) is 0 Å². The van der Waals surface area contributed by atoms with Gasteiger partial charge in [-0.15, -0.1) is 0 Å². The number of aryl methyl sites for hydroxylation is 1. The summed E-state index contributed by atoms with van der Waals surface area (Å²) in [6.45, 7) is 5.91. The van der Waals surface area contributed by atoms with Crippen molar-refractivity contribution in [2.75, 3.05) is 17.7 Å². The van der Waals surface area contributed by atoms with Crippen molar-refractivity contribution in [2.24, 2.45) is 0 Å². The smallest absolute Gasteiger partial charge is 0.139 e. The Morgan fingerprint density at radius 1 is 1.15 bits per heavy atom. The molecule has 0 spiro atoms. The van der Waals surface area contributed by atoms with Crippen LogP contribution in [-0.2, 0) is 0 Å². The molecule has 1 aromatic heterocycles. The monoisotopic (exact) mass is 274 g/mol. The van der Waals surface area contributed by atoms with Crippen molar-refractivity contribution < 1.29 is 4.39 Å². The van der Waals surface area contributed by atoms with E-state index in [0.29, 0.717) is 5.56 Å². The van der Waals surface area contributed by atoms with E-state index in [2.05, 4.69) is 34.4 Å². The standard InChI is InChI=1S/C15H19FN4/c1-9(2)13-14(17-4)18-8-19-15(13)20-11-5-6-12(16)10(3)7-11/h5-9H,1-4H3,(H2,17,18,19,20). The molecule has 0 saturated heterocycles. The fourth-order valence-corrected chi connectivity index (χ4v) is 2.10. The lowest BCUT2D eigenvalue weighted by molar-refractivity contribution is 0.619. The first-order chi connectivity index (χ1) is 9.52. The second kappa shape index (κ2) is 5.86. The molecule has 2 rings (SSSR count). The van der Waals surface area contributed by atoms with Crippen molar-refractivity contribution in [3.8, 4) is 0 Å². The number of nitrogens with one attached hydrogen (secondary N) is 2. The SMILES string of the molecule is CNc1ncnc(Nc2ccc(F)c(C)c2)c1C(C)C. The lowest BCUT2D eigenvalue weighted by atomic mass is 10.0. The largest absolute Gasteiger partial charge is 0.373 e. The van der Waals surface area contributed by atoms with Crippen LogP contribution in [-0.4, -0.2) is 17.0 Å². The van der Waals surface area contributed by atoms with Crippen molar-refractivity contribution in [3.63, 3.8) is 0 Å². The Labute approximate surface area is 118 Å². The Hall–Kier alpha value is -2.17. The minimum atomic E-state index is -0.210. The quantitative estimate of drug-likeness (QED) is 0.889. The van der Waals surface area contributed by atoms with Gasteiger partial charge in [0.05, 0.1) is 0 Å². The molecule has 0 bridgehead atoms. The second-order valence-electron chi connectivity index (χ2n) is 4.98. The molecular formula is C15H19FN4. The molecule has 4 nitrogen and oxygen atoms in total. The molecule has 0 atom stereocenters. The van der Waals surface area contributed by atoms with Crippen molar-refractivity contribution in [2.45, 2.75) is 26.7 Å². The van der Waals surface area contributed by atoms with Crippen LogP contribution in [0.5, 0.6) is 0 Å². The lowest BCUT2D eigenvalue weighted by Gasteiger charge is -2.16. The molecule has 0 unspecified atom stereocenters. The molecule has 2 N–H and O–H groups in total. The first-order valence-corrected chi connectivity index (χ1v) is 6.58. The normalized spacial score (nSPS) is 10.7. The lowest BCUT2D eigenvalue weighted by Crippen LogP contribution is -2.07. The fourth-order valence-electron chi connectivity index (χ4n) is 2.10. The van der Waals surface area contributed by atoms with Crippen LogP contribution in [0, 0.1) is 12.7 Å². The van der Waals surface area contributed by atoms with E-state index >= 15 is 0 Å². The van der Waals surface area contributed by atoms with Crippen molar-refractivity contribution >= 4 is 17.3 Å². The number of rotatable bonds is 4. The summed E-state index contributed by atoms with van der Waals surface area (Å²) in [4.78, 5) is 8.53. The summed E-state index contributed by atoms with van der Waals surface area (Å²) in [5.74, 6) is 1.60. The highest BCUT2D eigenvalue weighted by Crippen LogP contribution is 2.30. The molecule has 20 heavy (non-hydrogen) atoms. The van der Waals surface area contributed by atoms with E-state index in [4.69, 9.17) is 0 Å². The average Bonchev–Trinajstić information content (AvgIpc) is 2.42. The number of hydrogen-bond donors (Lipinski definition) is 2. The maximum atomic E-state index is 13.3. The van der Waals surface area contributed by atoms with Crippen molar-refractivity contribution in [1.29, 1.82) is 0 Å². The van der Waals surface area contributed by atoms with Crippen LogP contribution in [0.1, 0.15) is 30.9 Å². The van der Waals surface area contributed by atoms with Crippen molar-refractivity contribution in [3.05, 3.63) is 41.5 Å². The molecule has 106 valence electrons. The number of anilines is 3. The van der Waals surface area contributed by atoms with Gasteiger partial charge in [0.15, 0.2) is 0 Å². The van der Waals surface area contributed by atoms with E-state index in [1.54, 1.807) is 19.1 Å². The van der Waals surface area contributed by atoms with Gasteiger partial charge in [-0.05, 0) is 36.6 Å². The number of halogens is 1. The van der Waals surface area contributed by atoms with Gasteiger partial charge >= 0.3 is 0 Å². The molecule has 0 amide bonds. The van der Waals surface area contributed by atoms with E-state index in [-0.39, 0.29) is 11.7 Å². The van der Waals surface area contributed by atoms with E-state index in [0.717, 1.165) is 22.9 Å². The van der Waals surface area contributed by atoms with E-state index in [1.165, 1.54) is 12.4 Å². The van der Waals surface area contributed by atoms with Crippen molar-refractivity contribution in [1.82, 2.24) is 9.97 Å². The minimum absolute atomic E-state index is 0.210. The molecule has 0 aliphatic carbocycles. The summed E-state index contributed by atoms with van der Waals surface area (Å²) >= 11 is 0. The molecule has 0 radical (unpaired) electrons. The Bertz CT molecular complexity index is 611. The molecule has 1 aromatic carbocycles. The third-order valence-corrected chi connectivity index (χ3v) is 3.12. The third kappa shape index (κ3) is 2.87. The van der Waals surface area contributed by atoms with Crippen LogP contribution in [0.4, 0.5) is 21.7 Å². The van der Waals surface area contributed by atoms with Gasteiger partial charge < -0.3 is 10.6 Å². The van der Waals surface area contributed by atoms with Gasteiger partial charge in [-0.2, -0.15) is 0 Å². The van der Waals surface area contributed by atoms with Crippen LogP contribution < -0.4 is 10.6 Å². The molecule has 0 aliphatic rings. The van der Waals surface area contributed by atoms with Crippen LogP contribution in [0.3, 0.4) is 0 Å². The zero-order chi connectivity index (χ0) is 14.7. The van der Waals surface area contributed by atoms with Crippen LogP contribution in [0.15, 0.2) is 24.5 Å². The Morgan fingerprint density at radius 2 is 1.85 bits per heavy atom. The van der Waals surface area contributed by atoms with Gasteiger partial charge in [-0.25, -0.2) is 14.4 Å². The predicted molar refractivity (Wildman–Crippen MR) is 80.1 cm³/mol. The van der Waals surface area contributed by atoms with E-state index in [1.807, 2.05) is 7.05 Å². The van der Waals surface area contributed by atoms with Gasteiger partial charge in [0.25, 0.3) is 0 Å². The maximum Gasteiger partial charge on any atom is 0.139 e. The highest BCUT2D eigenvalue weighted by atomic mass is 19.1. The summed E-state index contributed by atoms with van der Waals surface area (Å²) < 4.78 is 13.3. The highest BCUT2D eigenvalue weighted by molar-refractivity contribution is 5.66. The van der Waals surface area contributed by atoms with E-state index in [9.17, 15) is 4.39 Å². The molecule has 5 heteroatoms. The first-order valence-electron chi connectivity index (χ1n) is 6.58. The minimum Gasteiger partial charge on any atom is -0.373 e. The predicted octanol–water partition coefficient (Wildman–Crippen LogP) is 3.83. The third-order valence-electron chi connectivity index (χ3n) is 3.12. The molecule has 0 saturated carbocycles. The fraction of sp³-hybridized carbons (Fsp3) is 0.333. The molecule has 2 aromatic rings. The first kappa shape index (κ1) is 14.2. The van der Waals surface area contributed by atoms with E-state index < -0.39 is 0 Å². The molecule has 0 fully saturated rings.